The molecule has 0 saturated heterocycles. The number of amides is 1. The van der Waals surface area contributed by atoms with Crippen molar-refractivity contribution in [1.82, 2.24) is 9.97 Å². The predicted molar refractivity (Wildman–Crippen MR) is 94.5 cm³/mol. The first kappa shape index (κ1) is 16.8. The van der Waals surface area contributed by atoms with Gasteiger partial charge in [-0.3, -0.25) is 4.79 Å². The number of halogens is 2. The number of nitrogens with one attached hydrogen (secondary N) is 1. The largest absolute Gasteiger partial charge is 0.467 e. The van der Waals surface area contributed by atoms with E-state index < -0.39 is 17.5 Å². The number of thiophene rings is 1. The van der Waals surface area contributed by atoms with Gasteiger partial charge in [0.05, 0.1) is 11.1 Å². The van der Waals surface area contributed by atoms with Crippen molar-refractivity contribution < 1.29 is 18.3 Å². The number of aryl methyl sites for hydroxylation is 2. The van der Waals surface area contributed by atoms with E-state index in [0.717, 1.165) is 42.0 Å². The number of carbonyl (C=O) groups is 1. The maximum absolute atomic E-state index is 13.6. The number of anilines is 1. The maximum Gasteiger partial charge on any atom is 0.262 e. The van der Waals surface area contributed by atoms with Gasteiger partial charge in [-0.1, -0.05) is 0 Å². The molecule has 0 bridgehead atoms. The highest BCUT2D eigenvalue weighted by Gasteiger charge is 2.21. The summed E-state index contributed by atoms with van der Waals surface area (Å²) >= 11 is 1.64. The van der Waals surface area contributed by atoms with Crippen LogP contribution in [0.4, 0.5) is 14.5 Å². The van der Waals surface area contributed by atoms with Gasteiger partial charge >= 0.3 is 0 Å². The summed E-state index contributed by atoms with van der Waals surface area (Å²) in [5.41, 5.74) is 1.11. The lowest BCUT2D eigenvalue weighted by Crippen LogP contribution is -2.21. The Bertz CT molecular complexity index is 990. The number of hydrogen-bond donors (Lipinski definition) is 1. The molecule has 0 radical (unpaired) electrons. The normalized spacial score (nSPS) is 13.5. The van der Waals surface area contributed by atoms with Crippen molar-refractivity contribution in [3.8, 4) is 5.88 Å². The number of nitrogens with zero attached hydrogens (tertiary/aromatic N) is 2. The molecule has 0 saturated carbocycles. The van der Waals surface area contributed by atoms with E-state index in [-0.39, 0.29) is 12.3 Å². The molecule has 1 N–H and O–H groups in total. The van der Waals surface area contributed by atoms with Crippen molar-refractivity contribution >= 4 is 33.1 Å². The average Bonchev–Trinajstić information content (AvgIpc) is 3.01. The molecule has 2 heterocycles. The van der Waals surface area contributed by atoms with Gasteiger partial charge in [0.1, 0.15) is 22.8 Å². The standard InChI is InChI=1S/C18H15F2N3O2S/c19-10-5-6-13(12(20)7-10)23-15(24)8-25-17-16-11-3-1-2-4-14(11)26-18(16)22-9-21-17/h5-7,9H,1-4,8H2,(H,23,24). The molecule has 1 aliphatic carbocycles. The third-order valence-electron chi connectivity index (χ3n) is 4.26. The zero-order valence-electron chi connectivity index (χ0n) is 13.7. The van der Waals surface area contributed by atoms with Gasteiger partial charge in [0.2, 0.25) is 5.88 Å². The Kier molecular flexibility index (Phi) is 4.50. The molecule has 3 aromatic rings. The second-order valence-corrected chi connectivity index (χ2v) is 7.11. The Labute approximate surface area is 152 Å². The Morgan fingerprint density at radius 3 is 2.92 bits per heavy atom. The second-order valence-electron chi connectivity index (χ2n) is 6.03. The third kappa shape index (κ3) is 3.24. The van der Waals surface area contributed by atoms with Crippen LogP contribution in [-0.4, -0.2) is 22.5 Å². The van der Waals surface area contributed by atoms with E-state index >= 15 is 0 Å². The molecule has 134 valence electrons. The van der Waals surface area contributed by atoms with Crippen LogP contribution in [-0.2, 0) is 17.6 Å². The number of fused-ring (bicyclic) bond motifs is 3. The van der Waals surface area contributed by atoms with Crippen molar-refractivity contribution in [2.45, 2.75) is 25.7 Å². The lowest BCUT2D eigenvalue weighted by molar-refractivity contribution is -0.118. The predicted octanol–water partition coefficient (Wildman–Crippen LogP) is 3.87. The molecule has 26 heavy (non-hydrogen) atoms. The molecular formula is C18H15F2N3O2S. The molecule has 5 nitrogen and oxygen atoms in total. The zero-order valence-corrected chi connectivity index (χ0v) is 14.5. The average molecular weight is 375 g/mol. The van der Waals surface area contributed by atoms with Crippen LogP contribution in [0, 0.1) is 11.6 Å². The first-order valence-electron chi connectivity index (χ1n) is 8.25. The molecule has 0 spiro atoms. The number of ether oxygens (including phenoxy) is 1. The second kappa shape index (κ2) is 6.95. The van der Waals surface area contributed by atoms with Gasteiger partial charge in [-0.15, -0.1) is 11.3 Å². The van der Waals surface area contributed by atoms with Crippen molar-refractivity contribution in [3.05, 3.63) is 46.6 Å². The third-order valence-corrected chi connectivity index (χ3v) is 5.46. The van der Waals surface area contributed by atoms with Crippen LogP contribution < -0.4 is 10.1 Å². The monoisotopic (exact) mass is 375 g/mol. The van der Waals surface area contributed by atoms with Crippen molar-refractivity contribution in [2.24, 2.45) is 0 Å². The molecule has 8 heteroatoms. The van der Waals surface area contributed by atoms with Crippen LogP contribution in [0.15, 0.2) is 24.5 Å². The Hall–Kier alpha value is -2.61. The van der Waals surface area contributed by atoms with E-state index in [9.17, 15) is 13.6 Å². The molecule has 1 aromatic carbocycles. The molecule has 0 unspecified atom stereocenters. The van der Waals surface area contributed by atoms with Gasteiger partial charge in [-0.2, -0.15) is 0 Å². The molecule has 2 aromatic heterocycles. The van der Waals surface area contributed by atoms with Crippen LogP contribution in [0.2, 0.25) is 0 Å². The summed E-state index contributed by atoms with van der Waals surface area (Å²) in [5.74, 6) is -1.73. The van der Waals surface area contributed by atoms with Crippen molar-refractivity contribution in [3.63, 3.8) is 0 Å². The van der Waals surface area contributed by atoms with E-state index in [1.54, 1.807) is 11.3 Å². The van der Waals surface area contributed by atoms with E-state index in [0.29, 0.717) is 11.9 Å². The van der Waals surface area contributed by atoms with Crippen molar-refractivity contribution in [2.75, 3.05) is 11.9 Å². The van der Waals surface area contributed by atoms with Gasteiger partial charge in [-0.05, 0) is 43.4 Å². The van der Waals surface area contributed by atoms with Gasteiger partial charge in [0, 0.05) is 10.9 Å². The van der Waals surface area contributed by atoms with Crippen LogP contribution in [0.5, 0.6) is 5.88 Å². The highest BCUT2D eigenvalue weighted by atomic mass is 32.1. The molecule has 0 fully saturated rings. The minimum absolute atomic E-state index is 0.0965. The van der Waals surface area contributed by atoms with Gasteiger partial charge in [-0.25, -0.2) is 18.7 Å². The first-order valence-corrected chi connectivity index (χ1v) is 9.06. The lowest BCUT2D eigenvalue weighted by atomic mass is 9.97. The smallest absolute Gasteiger partial charge is 0.262 e. The summed E-state index contributed by atoms with van der Waals surface area (Å²) in [6.45, 7) is -0.326. The Morgan fingerprint density at radius 2 is 2.08 bits per heavy atom. The first-order chi connectivity index (χ1) is 12.6. The molecular weight excluding hydrogens is 360 g/mol. The number of aromatic nitrogens is 2. The molecule has 0 atom stereocenters. The maximum atomic E-state index is 13.6. The summed E-state index contributed by atoms with van der Waals surface area (Å²) in [6, 6.07) is 2.95. The van der Waals surface area contributed by atoms with Gasteiger partial charge in [0.15, 0.2) is 6.61 Å². The van der Waals surface area contributed by atoms with Crippen LogP contribution in [0.3, 0.4) is 0 Å². The molecule has 1 aliphatic rings. The fraction of sp³-hybridized carbons (Fsp3) is 0.278. The van der Waals surface area contributed by atoms with Crippen LogP contribution in [0.1, 0.15) is 23.3 Å². The Balaban J connectivity index is 1.51. The minimum atomic E-state index is -0.838. The highest BCUT2D eigenvalue weighted by molar-refractivity contribution is 7.18. The van der Waals surface area contributed by atoms with Crippen molar-refractivity contribution in [1.29, 1.82) is 0 Å². The molecule has 1 amide bonds. The molecule has 0 aliphatic heterocycles. The SMILES string of the molecule is O=C(COc1ncnc2sc3c(c12)CCCC3)Nc1ccc(F)cc1F. The quantitative estimate of drug-likeness (QED) is 0.752. The van der Waals surface area contributed by atoms with Gasteiger partial charge in [0.25, 0.3) is 5.91 Å². The van der Waals surface area contributed by atoms with E-state index in [1.807, 2.05) is 0 Å². The van der Waals surface area contributed by atoms with E-state index in [2.05, 4.69) is 15.3 Å². The summed E-state index contributed by atoms with van der Waals surface area (Å²) in [7, 11) is 0. The minimum Gasteiger partial charge on any atom is -0.467 e. The van der Waals surface area contributed by atoms with Gasteiger partial charge < -0.3 is 10.1 Å². The topological polar surface area (TPSA) is 64.1 Å². The number of hydrogen-bond acceptors (Lipinski definition) is 5. The summed E-state index contributed by atoms with van der Waals surface area (Å²) in [6.07, 6.45) is 5.66. The zero-order chi connectivity index (χ0) is 18.1. The number of benzene rings is 1. The number of carbonyl (C=O) groups excluding carboxylic acids is 1. The van der Waals surface area contributed by atoms with E-state index in [1.165, 1.54) is 22.8 Å². The number of rotatable bonds is 4. The Morgan fingerprint density at radius 1 is 1.23 bits per heavy atom. The van der Waals surface area contributed by atoms with Crippen LogP contribution in [0.25, 0.3) is 10.2 Å². The summed E-state index contributed by atoms with van der Waals surface area (Å²) in [5, 5.41) is 3.23. The lowest BCUT2D eigenvalue weighted by Gasteiger charge is -2.12. The summed E-state index contributed by atoms with van der Waals surface area (Å²) in [4.78, 5) is 22.7. The molecule has 4 rings (SSSR count). The van der Waals surface area contributed by atoms with E-state index in [4.69, 9.17) is 4.74 Å². The summed E-state index contributed by atoms with van der Waals surface area (Å²) < 4.78 is 32.1. The van der Waals surface area contributed by atoms with Crippen LogP contribution >= 0.6 is 11.3 Å². The fourth-order valence-corrected chi connectivity index (χ4v) is 4.30. The highest BCUT2D eigenvalue weighted by Crippen LogP contribution is 2.38. The fourth-order valence-electron chi connectivity index (χ4n) is 3.08.